The van der Waals surface area contributed by atoms with Gasteiger partial charge in [0.1, 0.15) is 0 Å². The van der Waals surface area contributed by atoms with Crippen molar-refractivity contribution in [3.63, 3.8) is 0 Å². The lowest BCUT2D eigenvalue weighted by molar-refractivity contribution is 0.0316. The molecule has 0 amide bonds. The highest BCUT2D eigenvalue weighted by Gasteiger charge is 2.37. The number of rotatable bonds is 5. The van der Waals surface area contributed by atoms with Gasteiger partial charge in [-0.1, -0.05) is 40.0 Å². The summed E-state index contributed by atoms with van der Waals surface area (Å²) >= 11 is 0. The molecule has 1 heterocycles. The summed E-state index contributed by atoms with van der Waals surface area (Å²) in [5.74, 6) is 0.907. The monoisotopic (exact) mass is 296 g/mol. The Labute approximate surface area is 131 Å². The fourth-order valence-electron chi connectivity index (χ4n) is 4.20. The van der Waals surface area contributed by atoms with E-state index >= 15 is 0 Å². The molecule has 21 heavy (non-hydrogen) atoms. The Balaban J connectivity index is 1.94. The quantitative estimate of drug-likeness (QED) is 0.788. The van der Waals surface area contributed by atoms with Crippen molar-refractivity contribution in [2.75, 3.05) is 33.4 Å². The Hall–Kier alpha value is -0.120. The van der Waals surface area contributed by atoms with Crippen LogP contribution in [0.3, 0.4) is 0 Å². The van der Waals surface area contributed by atoms with Crippen molar-refractivity contribution in [3.8, 4) is 0 Å². The van der Waals surface area contributed by atoms with E-state index in [4.69, 9.17) is 4.74 Å². The van der Waals surface area contributed by atoms with Crippen LogP contribution in [0.5, 0.6) is 0 Å². The van der Waals surface area contributed by atoms with Crippen LogP contribution in [-0.4, -0.2) is 50.3 Å². The van der Waals surface area contributed by atoms with Crippen LogP contribution < -0.4 is 5.32 Å². The first-order valence-corrected chi connectivity index (χ1v) is 8.98. The third kappa shape index (κ3) is 4.94. The molecule has 1 N–H and O–H groups in total. The molecule has 2 atom stereocenters. The minimum absolute atomic E-state index is 0.345. The van der Waals surface area contributed by atoms with E-state index in [1.165, 1.54) is 45.2 Å². The normalized spacial score (nSPS) is 29.7. The molecule has 1 aliphatic heterocycles. The smallest absolute Gasteiger partial charge is 0.0474 e. The SMILES string of the molecule is COCCCN1CC(C2CCCCC2)NCC1C(C)(C)C. The van der Waals surface area contributed by atoms with Crippen molar-refractivity contribution in [3.05, 3.63) is 0 Å². The highest BCUT2D eigenvalue weighted by molar-refractivity contribution is 4.94. The van der Waals surface area contributed by atoms with Crippen LogP contribution in [0.15, 0.2) is 0 Å². The van der Waals surface area contributed by atoms with E-state index in [-0.39, 0.29) is 0 Å². The summed E-state index contributed by atoms with van der Waals surface area (Å²) in [6.45, 7) is 11.6. The molecule has 0 spiro atoms. The van der Waals surface area contributed by atoms with Gasteiger partial charge in [0.25, 0.3) is 0 Å². The van der Waals surface area contributed by atoms with Crippen LogP contribution >= 0.6 is 0 Å². The highest BCUT2D eigenvalue weighted by Crippen LogP contribution is 2.32. The zero-order valence-corrected chi connectivity index (χ0v) is 14.7. The third-order valence-electron chi connectivity index (χ3n) is 5.46. The van der Waals surface area contributed by atoms with Crippen LogP contribution in [-0.2, 0) is 4.74 Å². The molecule has 0 radical (unpaired) electrons. The Bertz CT molecular complexity index is 294. The molecule has 1 saturated heterocycles. The van der Waals surface area contributed by atoms with E-state index in [2.05, 4.69) is 31.0 Å². The first-order chi connectivity index (χ1) is 10.0. The zero-order valence-electron chi connectivity index (χ0n) is 14.7. The Kier molecular flexibility index (Phi) is 6.51. The van der Waals surface area contributed by atoms with E-state index in [1.807, 2.05) is 7.11 Å². The van der Waals surface area contributed by atoms with Crippen LogP contribution in [0.25, 0.3) is 0 Å². The van der Waals surface area contributed by atoms with E-state index in [0.29, 0.717) is 17.5 Å². The van der Waals surface area contributed by atoms with Gasteiger partial charge < -0.3 is 10.1 Å². The van der Waals surface area contributed by atoms with Gasteiger partial charge in [-0.05, 0) is 30.6 Å². The fraction of sp³-hybridized carbons (Fsp3) is 1.00. The van der Waals surface area contributed by atoms with Crippen molar-refractivity contribution >= 4 is 0 Å². The maximum Gasteiger partial charge on any atom is 0.0474 e. The summed E-state index contributed by atoms with van der Waals surface area (Å²) in [4.78, 5) is 2.74. The average Bonchev–Trinajstić information content (AvgIpc) is 2.47. The second-order valence-electron chi connectivity index (χ2n) is 8.14. The minimum Gasteiger partial charge on any atom is -0.385 e. The van der Waals surface area contributed by atoms with Gasteiger partial charge in [0.05, 0.1) is 0 Å². The summed E-state index contributed by atoms with van der Waals surface area (Å²) in [5, 5.41) is 3.89. The second kappa shape index (κ2) is 7.94. The summed E-state index contributed by atoms with van der Waals surface area (Å²) < 4.78 is 5.25. The maximum absolute atomic E-state index is 5.25. The van der Waals surface area contributed by atoms with E-state index in [0.717, 1.165) is 25.5 Å². The average molecular weight is 296 g/mol. The molecular formula is C18H36N2O. The number of ether oxygens (including phenoxy) is 1. The fourth-order valence-corrected chi connectivity index (χ4v) is 4.20. The van der Waals surface area contributed by atoms with Crippen LogP contribution in [0.2, 0.25) is 0 Å². The molecule has 0 aromatic carbocycles. The lowest BCUT2D eigenvalue weighted by Crippen LogP contribution is -2.62. The molecule has 124 valence electrons. The molecule has 0 aromatic heterocycles. The Morgan fingerprint density at radius 2 is 1.86 bits per heavy atom. The molecule has 3 nitrogen and oxygen atoms in total. The van der Waals surface area contributed by atoms with E-state index in [9.17, 15) is 0 Å². The third-order valence-corrected chi connectivity index (χ3v) is 5.46. The molecule has 2 unspecified atom stereocenters. The van der Waals surface area contributed by atoms with Crippen molar-refractivity contribution in [2.45, 2.75) is 71.4 Å². The number of piperazine rings is 1. The largest absolute Gasteiger partial charge is 0.385 e. The molecular weight excluding hydrogens is 260 g/mol. The lowest BCUT2D eigenvalue weighted by atomic mass is 9.79. The van der Waals surface area contributed by atoms with E-state index < -0.39 is 0 Å². The number of hydrogen-bond acceptors (Lipinski definition) is 3. The minimum atomic E-state index is 0.345. The number of nitrogens with one attached hydrogen (secondary N) is 1. The summed E-state index contributed by atoms with van der Waals surface area (Å²) in [7, 11) is 1.81. The summed E-state index contributed by atoms with van der Waals surface area (Å²) in [6, 6.07) is 1.36. The van der Waals surface area contributed by atoms with Gasteiger partial charge in [-0.2, -0.15) is 0 Å². The number of nitrogens with zero attached hydrogens (tertiary/aromatic N) is 1. The van der Waals surface area contributed by atoms with Gasteiger partial charge in [-0.3, -0.25) is 4.90 Å². The number of methoxy groups -OCH3 is 1. The second-order valence-corrected chi connectivity index (χ2v) is 8.14. The molecule has 2 rings (SSSR count). The van der Waals surface area contributed by atoms with Crippen LogP contribution in [0.1, 0.15) is 59.3 Å². The molecule has 2 aliphatic rings. The van der Waals surface area contributed by atoms with Crippen LogP contribution in [0, 0.1) is 11.3 Å². The molecule has 0 aromatic rings. The van der Waals surface area contributed by atoms with Gasteiger partial charge in [0.15, 0.2) is 0 Å². The Morgan fingerprint density at radius 3 is 2.48 bits per heavy atom. The maximum atomic E-state index is 5.25. The lowest BCUT2D eigenvalue weighted by Gasteiger charge is -2.48. The highest BCUT2D eigenvalue weighted by atomic mass is 16.5. The van der Waals surface area contributed by atoms with Crippen molar-refractivity contribution in [1.82, 2.24) is 10.2 Å². The summed E-state index contributed by atoms with van der Waals surface area (Å²) in [5.41, 5.74) is 0.345. The molecule has 1 aliphatic carbocycles. The standard InChI is InChI=1S/C18H36N2O/c1-18(2,3)17-13-19-16(15-9-6-5-7-10-15)14-20(17)11-8-12-21-4/h15-17,19H,5-14H2,1-4H3. The molecule has 3 heteroatoms. The van der Waals surface area contributed by atoms with Gasteiger partial charge in [-0.15, -0.1) is 0 Å². The predicted molar refractivity (Wildman–Crippen MR) is 89.7 cm³/mol. The molecule has 0 bridgehead atoms. The van der Waals surface area contributed by atoms with Gasteiger partial charge in [0, 0.05) is 45.4 Å². The topological polar surface area (TPSA) is 24.5 Å². The van der Waals surface area contributed by atoms with Gasteiger partial charge >= 0.3 is 0 Å². The first kappa shape index (κ1) is 17.2. The molecule has 1 saturated carbocycles. The van der Waals surface area contributed by atoms with E-state index in [1.54, 1.807) is 0 Å². The van der Waals surface area contributed by atoms with Gasteiger partial charge in [-0.25, -0.2) is 0 Å². The van der Waals surface area contributed by atoms with Crippen LogP contribution in [0.4, 0.5) is 0 Å². The van der Waals surface area contributed by atoms with Crippen molar-refractivity contribution in [1.29, 1.82) is 0 Å². The zero-order chi connectivity index (χ0) is 15.3. The van der Waals surface area contributed by atoms with Gasteiger partial charge in [0.2, 0.25) is 0 Å². The molecule has 2 fully saturated rings. The number of hydrogen-bond donors (Lipinski definition) is 1. The predicted octanol–water partition coefficient (Wildman–Crippen LogP) is 3.29. The Morgan fingerprint density at radius 1 is 1.14 bits per heavy atom. The van der Waals surface area contributed by atoms with Crippen molar-refractivity contribution in [2.24, 2.45) is 11.3 Å². The summed E-state index contributed by atoms with van der Waals surface area (Å²) in [6.07, 6.45) is 8.35. The first-order valence-electron chi connectivity index (χ1n) is 8.98. The van der Waals surface area contributed by atoms with Crippen molar-refractivity contribution < 1.29 is 4.74 Å².